The van der Waals surface area contributed by atoms with Gasteiger partial charge in [0.25, 0.3) is 0 Å². The van der Waals surface area contributed by atoms with Gasteiger partial charge in [-0.3, -0.25) is 0 Å². The first kappa shape index (κ1) is 7.16. The lowest BCUT2D eigenvalue weighted by atomic mass is 10.4. The van der Waals surface area contributed by atoms with E-state index in [4.69, 9.17) is 0 Å². The predicted octanol–water partition coefficient (Wildman–Crippen LogP) is 2.52. The Morgan fingerprint density at radius 2 is 1.00 bits per heavy atom. The molecule has 2 aliphatic rings. The van der Waals surface area contributed by atoms with E-state index in [1.54, 1.807) is 0 Å². The molecule has 0 N–H and O–H groups in total. The van der Waals surface area contributed by atoms with E-state index in [1.165, 1.54) is 0 Å². The van der Waals surface area contributed by atoms with E-state index in [0.717, 1.165) is 9.56 Å². The summed E-state index contributed by atoms with van der Waals surface area (Å²) in [6.45, 7) is 0. The van der Waals surface area contributed by atoms with Crippen molar-refractivity contribution in [1.29, 1.82) is 0 Å². The molecule has 0 bridgehead atoms. The number of hydrogen-bond donors (Lipinski definition) is 0. The van der Waals surface area contributed by atoms with Crippen LogP contribution >= 0.6 is 0 Å². The highest BCUT2D eigenvalue weighted by atomic mass is 27.1. The first-order valence-corrected chi connectivity index (χ1v) is 5.33. The Morgan fingerprint density at radius 3 is 1.36 bits per heavy atom. The second-order valence-electron chi connectivity index (χ2n) is 2.89. The summed E-state index contributed by atoms with van der Waals surface area (Å²) in [6.07, 6.45) is 17.8. The van der Waals surface area contributed by atoms with Crippen LogP contribution in [0.15, 0.2) is 48.6 Å². The molecule has 53 valence electrons. The van der Waals surface area contributed by atoms with Crippen LogP contribution in [0, 0.1) is 0 Å². The summed E-state index contributed by atoms with van der Waals surface area (Å²) < 4.78 is 1.51. The molecule has 2 aliphatic carbocycles. The monoisotopic (exact) mass is 157 g/mol. The molecule has 1 heteroatoms. The largest absolute Gasteiger partial charge is 0.235 e. The normalized spacial score (nSPS) is 22.2. The lowest BCUT2D eigenvalue weighted by Crippen LogP contribution is -2.01. The highest BCUT2D eigenvalue weighted by Gasteiger charge is 2.13. The quantitative estimate of drug-likeness (QED) is 0.540. The van der Waals surface area contributed by atoms with Crippen molar-refractivity contribution in [2.24, 2.45) is 0 Å². The molecule has 0 saturated carbocycles. The first-order chi connectivity index (χ1) is 5.45. The fourth-order valence-electron chi connectivity index (χ4n) is 1.41. The Morgan fingerprint density at radius 1 is 0.636 bits per heavy atom. The second kappa shape index (κ2) is 3.26. The minimum Gasteiger partial charge on any atom is -0.0920 e. The highest BCUT2D eigenvalue weighted by Crippen LogP contribution is 2.23. The van der Waals surface area contributed by atoms with Crippen LogP contribution in [-0.4, -0.2) is 15.2 Å². The molecule has 0 spiro atoms. The predicted molar refractivity (Wildman–Crippen MR) is 49.8 cm³/mol. The SMILES string of the molecule is C1=C[CH]([Al][CH]2C=CC=C2)C=C1. The Kier molecular flexibility index (Phi) is 2.12. The van der Waals surface area contributed by atoms with Crippen molar-refractivity contribution < 1.29 is 0 Å². The summed E-state index contributed by atoms with van der Waals surface area (Å²) in [5, 5.41) is 0. The molecule has 0 fully saturated rings. The molecule has 2 rings (SSSR count). The minimum absolute atomic E-state index is 0.505. The molecular formula is C10H10Al. The topological polar surface area (TPSA) is 0 Å². The molecule has 0 aromatic carbocycles. The smallest absolute Gasteiger partial charge is 0.0920 e. The summed E-state index contributed by atoms with van der Waals surface area (Å²) >= 11 is 0.505. The molecule has 0 amide bonds. The van der Waals surface area contributed by atoms with Gasteiger partial charge in [-0.25, -0.2) is 0 Å². The molecule has 0 atom stereocenters. The lowest BCUT2D eigenvalue weighted by molar-refractivity contribution is 1.28. The van der Waals surface area contributed by atoms with Gasteiger partial charge in [0, 0.05) is 0 Å². The van der Waals surface area contributed by atoms with Crippen LogP contribution in [0.3, 0.4) is 0 Å². The van der Waals surface area contributed by atoms with Crippen molar-refractivity contribution in [2.45, 2.75) is 9.56 Å². The standard InChI is InChI=1S/2C5H5.Al/c2*1-2-4-5-3-1;/h2*1-5H;. The summed E-state index contributed by atoms with van der Waals surface area (Å²) in [5.74, 6) is 0. The van der Waals surface area contributed by atoms with Crippen molar-refractivity contribution in [1.82, 2.24) is 0 Å². The summed E-state index contributed by atoms with van der Waals surface area (Å²) in [5.41, 5.74) is 0. The average molecular weight is 157 g/mol. The lowest BCUT2D eigenvalue weighted by Gasteiger charge is -2.05. The van der Waals surface area contributed by atoms with Crippen LogP contribution < -0.4 is 0 Å². The molecule has 0 aromatic rings. The maximum absolute atomic E-state index is 2.30. The van der Waals surface area contributed by atoms with Gasteiger partial charge in [0.1, 0.15) is 0 Å². The Hall–Kier alpha value is -0.508. The second-order valence-corrected chi connectivity index (χ2v) is 4.81. The zero-order valence-electron chi connectivity index (χ0n) is 6.35. The summed E-state index contributed by atoms with van der Waals surface area (Å²) in [6, 6.07) is 0. The maximum Gasteiger partial charge on any atom is 0.235 e. The van der Waals surface area contributed by atoms with E-state index in [9.17, 15) is 0 Å². The van der Waals surface area contributed by atoms with Crippen molar-refractivity contribution >= 4 is 15.2 Å². The van der Waals surface area contributed by atoms with Crippen LogP contribution in [0.5, 0.6) is 0 Å². The Bertz CT molecular complexity index is 196. The van der Waals surface area contributed by atoms with E-state index >= 15 is 0 Å². The molecule has 0 heterocycles. The molecule has 0 aromatic heterocycles. The van der Waals surface area contributed by atoms with E-state index in [1.807, 2.05) is 0 Å². The molecule has 0 unspecified atom stereocenters. The van der Waals surface area contributed by atoms with Gasteiger partial charge in [0.05, 0.1) is 0 Å². The Balaban J connectivity index is 1.90. The third-order valence-corrected chi connectivity index (χ3v) is 3.78. The third-order valence-electron chi connectivity index (χ3n) is 2.00. The van der Waals surface area contributed by atoms with E-state index in [0.29, 0.717) is 15.2 Å². The molecular weight excluding hydrogens is 147 g/mol. The van der Waals surface area contributed by atoms with Crippen molar-refractivity contribution in [2.75, 3.05) is 0 Å². The zero-order valence-corrected chi connectivity index (χ0v) is 7.51. The third kappa shape index (κ3) is 1.74. The van der Waals surface area contributed by atoms with Gasteiger partial charge in [-0.1, -0.05) is 58.2 Å². The first-order valence-electron chi connectivity index (χ1n) is 4.00. The van der Waals surface area contributed by atoms with Crippen LogP contribution in [0.1, 0.15) is 0 Å². The molecule has 0 nitrogen and oxygen atoms in total. The molecule has 1 radical (unpaired) electrons. The van der Waals surface area contributed by atoms with Gasteiger partial charge in [-0.15, -0.1) is 0 Å². The van der Waals surface area contributed by atoms with Gasteiger partial charge in [-0.2, -0.15) is 0 Å². The van der Waals surface area contributed by atoms with Crippen LogP contribution in [-0.2, 0) is 0 Å². The molecule has 11 heavy (non-hydrogen) atoms. The van der Waals surface area contributed by atoms with Crippen molar-refractivity contribution in [3.63, 3.8) is 0 Å². The summed E-state index contributed by atoms with van der Waals surface area (Å²) in [4.78, 5) is 0. The van der Waals surface area contributed by atoms with Crippen LogP contribution in [0.4, 0.5) is 0 Å². The fourth-order valence-corrected chi connectivity index (χ4v) is 2.95. The average Bonchev–Trinajstić information content (AvgIpc) is 2.60. The summed E-state index contributed by atoms with van der Waals surface area (Å²) in [7, 11) is 0. The number of allylic oxidation sites excluding steroid dienone is 8. The minimum atomic E-state index is 0.505. The van der Waals surface area contributed by atoms with E-state index < -0.39 is 0 Å². The van der Waals surface area contributed by atoms with Crippen molar-refractivity contribution in [3.05, 3.63) is 48.6 Å². The van der Waals surface area contributed by atoms with E-state index in [2.05, 4.69) is 48.6 Å². The van der Waals surface area contributed by atoms with Gasteiger partial charge >= 0.3 is 0 Å². The highest BCUT2D eigenvalue weighted by molar-refractivity contribution is 6.43. The number of rotatable bonds is 2. The molecule has 0 aliphatic heterocycles. The zero-order chi connectivity index (χ0) is 7.52. The van der Waals surface area contributed by atoms with Gasteiger partial charge in [-0.05, 0) is 0 Å². The van der Waals surface area contributed by atoms with Crippen LogP contribution in [0.2, 0.25) is 9.56 Å². The maximum atomic E-state index is 2.30. The molecule has 0 saturated heterocycles. The van der Waals surface area contributed by atoms with Gasteiger partial charge < -0.3 is 0 Å². The van der Waals surface area contributed by atoms with Crippen LogP contribution in [0.25, 0.3) is 0 Å². The fraction of sp³-hybridized carbons (Fsp3) is 0.200. The van der Waals surface area contributed by atoms with Gasteiger partial charge in [0.2, 0.25) is 15.2 Å². The van der Waals surface area contributed by atoms with E-state index in [-0.39, 0.29) is 0 Å². The Labute approximate surface area is 73.7 Å². The van der Waals surface area contributed by atoms with Gasteiger partial charge in [0.15, 0.2) is 0 Å². The van der Waals surface area contributed by atoms with Crippen molar-refractivity contribution in [3.8, 4) is 0 Å². The number of hydrogen-bond acceptors (Lipinski definition) is 0.